The number of piperidine rings is 1. The topological polar surface area (TPSA) is 30.9 Å². The van der Waals surface area contributed by atoms with Crippen molar-refractivity contribution >= 4 is 15.9 Å². The molecule has 5 heteroatoms. The van der Waals surface area contributed by atoms with Crippen LogP contribution in [0.5, 0.6) is 0 Å². The predicted molar refractivity (Wildman–Crippen MR) is 85.8 cm³/mol. The van der Waals surface area contributed by atoms with Gasteiger partial charge in [-0.25, -0.2) is 0 Å². The Morgan fingerprint density at radius 1 is 1.00 bits per heavy atom. The summed E-state index contributed by atoms with van der Waals surface area (Å²) in [4.78, 5) is 3.12. The van der Waals surface area contributed by atoms with E-state index in [-0.39, 0.29) is 0 Å². The number of hydrogen-bond acceptors (Lipinski definition) is 4. The Bertz CT molecular complexity index is 219. The van der Waals surface area contributed by atoms with E-state index >= 15 is 0 Å². The molecular formula is C15H30BrNO3. The number of nitrogens with zero attached hydrogens (tertiary/aromatic N) is 1. The van der Waals surface area contributed by atoms with Crippen molar-refractivity contribution in [2.24, 2.45) is 0 Å². The quantitative estimate of drug-likeness (QED) is 0.399. The minimum atomic E-state index is 0.660. The van der Waals surface area contributed by atoms with Crippen LogP contribution in [0, 0.1) is 0 Å². The number of halogens is 1. The molecule has 0 bridgehead atoms. The highest BCUT2D eigenvalue weighted by Gasteiger charge is 2.16. The van der Waals surface area contributed by atoms with Crippen LogP contribution in [0.15, 0.2) is 0 Å². The second-order valence-corrected chi connectivity index (χ2v) is 6.53. The summed E-state index contributed by atoms with van der Waals surface area (Å²) in [6, 6.07) is 0. The molecule has 1 rings (SSSR count). The molecule has 0 aromatic carbocycles. The third kappa shape index (κ3) is 10.1. The van der Waals surface area contributed by atoms with Crippen molar-refractivity contribution in [1.29, 1.82) is 0 Å². The maximum atomic E-state index is 5.59. The molecule has 0 radical (unpaired) electrons. The van der Waals surface area contributed by atoms with Gasteiger partial charge in [-0.05, 0) is 25.8 Å². The predicted octanol–water partition coefficient (Wildman–Crippen LogP) is 2.70. The van der Waals surface area contributed by atoms with Crippen LogP contribution in [0.3, 0.4) is 0 Å². The van der Waals surface area contributed by atoms with Gasteiger partial charge >= 0.3 is 0 Å². The van der Waals surface area contributed by atoms with Gasteiger partial charge in [-0.3, -0.25) is 4.90 Å². The highest BCUT2D eigenvalue weighted by molar-refractivity contribution is 9.09. The van der Waals surface area contributed by atoms with E-state index in [1.807, 2.05) is 0 Å². The van der Waals surface area contributed by atoms with Crippen LogP contribution in [0.2, 0.25) is 0 Å². The highest BCUT2D eigenvalue weighted by atomic mass is 79.9. The Balaban J connectivity index is 1.76. The fourth-order valence-corrected chi connectivity index (χ4v) is 2.92. The largest absolute Gasteiger partial charge is 0.379 e. The lowest BCUT2D eigenvalue weighted by Crippen LogP contribution is -2.37. The summed E-state index contributed by atoms with van der Waals surface area (Å²) < 4.78 is 16.5. The summed E-state index contributed by atoms with van der Waals surface area (Å²) in [5.41, 5.74) is 0. The van der Waals surface area contributed by atoms with Crippen molar-refractivity contribution in [2.45, 2.75) is 37.4 Å². The van der Waals surface area contributed by atoms with Gasteiger partial charge in [0.2, 0.25) is 0 Å². The van der Waals surface area contributed by atoms with Crippen LogP contribution >= 0.6 is 15.9 Å². The summed E-state index contributed by atoms with van der Waals surface area (Å²) in [5, 5.41) is 0. The van der Waals surface area contributed by atoms with E-state index in [1.54, 1.807) is 0 Å². The van der Waals surface area contributed by atoms with Gasteiger partial charge in [-0.15, -0.1) is 0 Å². The summed E-state index contributed by atoms with van der Waals surface area (Å²) in [5.74, 6) is 0. The molecule has 1 aliphatic rings. The first kappa shape index (κ1) is 18.4. The van der Waals surface area contributed by atoms with Crippen LogP contribution in [-0.2, 0) is 14.2 Å². The molecule has 1 unspecified atom stereocenters. The Morgan fingerprint density at radius 3 is 2.30 bits per heavy atom. The van der Waals surface area contributed by atoms with Gasteiger partial charge in [0.1, 0.15) is 0 Å². The molecule has 0 N–H and O–H groups in total. The van der Waals surface area contributed by atoms with E-state index in [9.17, 15) is 0 Å². The van der Waals surface area contributed by atoms with Crippen LogP contribution in [0.1, 0.15) is 32.6 Å². The van der Waals surface area contributed by atoms with Crippen LogP contribution in [0.4, 0.5) is 0 Å². The lowest BCUT2D eigenvalue weighted by molar-refractivity contribution is 0.00953. The van der Waals surface area contributed by atoms with Crippen LogP contribution in [0.25, 0.3) is 0 Å². The van der Waals surface area contributed by atoms with Crippen molar-refractivity contribution in [2.75, 3.05) is 59.3 Å². The lowest BCUT2D eigenvalue weighted by Gasteiger charge is -2.29. The number of likely N-dealkylation sites (tertiary alicyclic amines) is 1. The van der Waals surface area contributed by atoms with E-state index in [4.69, 9.17) is 14.2 Å². The highest BCUT2D eigenvalue weighted by Crippen LogP contribution is 2.16. The minimum Gasteiger partial charge on any atom is -0.379 e. The van der Waals surface area contributed by atoms with Gasteiger partial charge in [-0.2, -0.15) is 0 Å². The fourth-order valence-electron chi connectivity index (χ4n) is 2.18. The van der Waals surface area contributed by atoms with Gasteiger partial charge < -0.3 is 14.2 Å². The normalized spacial score (nSPS) is 20.4. The van der Waals surface area contributed by atoms with Crippen molar-refractivity contribution in [1.82, 2.24) is 4.90 Å². The Hall–Kier alpha value is 0.320. The van der Waals surface area contributed by atoms with E-state index < -0.39 is 0 Å². The summed E-state index contributed by atoms with van der Waals surface area (Å²) in [6.45, 7) is 9.91. The lowest BCUT2D eigenvalue weighted by atomic mass is 10.1. The van der Waals surface area contributed by atoms with Crippen molar-refractivity contribution in [3.8, 4) is 0 Å². The van der Waals surface area contributed by atoms with E-state index in [0.29, 0.717) is 31.3 Å². The molecule has 0 spiro atoms. The van der Waals surface area contributed by atoms with Crippen LogP contribution < -0.4 is 0 Å². The SMILES string of the molecule is CCCCOCCOCCOCCN1CCCC(Br)C1. The number of hydrogen-bond donors (Lipinski definition) is 0. The van der Waals surface area contributed by atoms with Gasteiger partial charge in [-0.1, -0.05) is 29.3 Å². The summed E-state index contributed by atoms with van der Waals surface area (Å²) in [7, 11) is 0. The zero-order chi connectivity index (χ0) is 14.5. The molecule has 4 nitrogen and oxygen atoms in total. The van der Waals surface area contributed by atoms with E-state index in [0.717, 1.165) is 32.7 Å². The maximum absolute atomic E-state index is 5.59. The van der Waals surface area contributed by atoms with E-state index in [1.165, 1.54) is 25.8 Å². The second kappa shape index (κ2) is 13.0. The fraction of sp³-hybridized carbons (Fsp3) is 1.00. The molecular weight excluding hydrogens is 322 g/mol. The first-order valence-electron chi connectivity index (χ1n) is 7.92. The zero-order valence-corrected chi connectivity index (χ0v) is 14.4. The Kier molecular flexibility index (Phi) is 12.0. The summed E-state index contributed by atoms with van der Waals surface area (Å²) >= 11 is 3.69. The van der Waals surface area contributed by atoms with Crippen molar-refractivity contribution in [3.63, 3.8) is 0 Å². The molecule has 1 fully saturated rings. The molecule has 0 aromatic rings. The second-order valence-electron chi connectivity index (χ2n) is 5.23. The van der Waals surface area contributed by atoms with Gasteiger partial charge in [0.25, 0.3) is 0 Å². The maximum Gasteiger partial charge on any atom is 0.0701 e. The molecule has 1 heterocycles. The summed E-state index contributed by atoms with van der Waals surface area (Å²) in [6.07, 6.45) is 4.90. The third-order valence-electron chi connectivity index (χ3n) is 3.39. The zero-order valence-electron chi connectivity index (χ0n) is 12.8. The standard InChI is InChI=1S/C15H30BrNO3/c1-2-3-8-18-10-12-20-13-11-19-9-7-17-6-4-5-15(16)14-17/h15H,2-14H2,1H3. The molecule has 1 atom stereocenters. The van der Waals surface area contributed by atoms with Gasteiger partial charge in [0.05, 0.1) is 33.0 Å². The molecule has 0 amide bonds. The first-order chi connectivity index (χ1) is 9.83. The molecule has 120 valence electrons. The number of alkyl halides is 1. The first-order valence-corrected chi connectivity index (χ1v) is 8.84. The molecule has 0 saturated carbocycles. The Morgan fingerprint density at radius 2 is 1.65 bits per heavy atom. The average Bonchev–Trinajstić information content (AvgIpc) is 2.45. The monoisotopic (exact) mass is 351 g/mol. The molecule has 1 saturated heterocycles. The average molecular weight is 352 g/mol. The number of unbranched alkanes of at least 4 members (excludes halogenated alkanes) is 1. The third-order valence-corrected chi connectivity index (χ3v) is 4.13. The molecule has 0 aliphatic carbocycles. The van der Waals surface area contributed by atoms with E-state index in [2.05, 4.69) is 27.8 Å². The van der Waals surface area contributed by atoms with Crippen molar-refractivity contribution < 1.29 is 14.2 Å². The Labute approximate surface area is 132 Å². The molecule has 20 heavy (non-hydrogen) atoms. The van der Waals surface area contributed by atoms with Gasteiger partial charge in [0.15, 0.2) is 0 Å². The smallest absolute Gasteiger partial charge is 0.0701 e. The van der Waals surface area contributed by atoms with Crippen molar-refractivity contribution in [3.05, 3.63) is 0 Å². The molecule has 0 aromatic heterocycles. The molecule has 1 aliphatic heterocycles. The number of ether oxygens (including phenoxy) is 3. The number of rotatable bonds is 12. The van der Waals surface area contributed by atoms with Gasteiger partial charge in [0, 0.05) is 24.5 Å². The minimum absolute atomic E-state index is 0.660. The van der Waals surface area contributed by atoms with Crippen LogP contribution in [-0.4, -0.2) is 69.0 Å².